The van der Waals surface area contributed by atoms with E-state index < -0.39 is 0 Å². The standard InChI is InChI=1S/C10H17NS/c1-4-9-12-10(5-2)7-6-8-11-3/h4,9,11H,2,6-8H2,1,3H3/b9-4-. The summed E-state index contributed by atoms with van der Waals surface area (Å²) < 4.78 is 0. The summed E-state index contributed by atoms with van der Waals surface area (Å²) in [4.78, 5) is 1.23. The van der Waals surface area contributed by atoms with Crippen molar-refractivity contribution in [1.29, 1.82) is 0 Å². The van der Waals surface area contributed by atoms with Crippen molar-refractivity contribution in [2.24, 2.45) is 0 Å². The second kappa shape index (κ2) is 8.66. The van der Waals surface area contributed by atoms with Gasteiger partial charge < -0.3 is 5.32 Å². The lowest BCUT2D eigenvalue weighted by Crippen LogP contribution is -2.06. The molecule has 0 aliphatic heterocycles. The third-order valence-electron chi connectivity index (χ3n) is 1.37. The molecule has 0 heterocycles. The van der Waals surface area contributed by atoms with Crippen LogP contribution < -0.4 is 5.32 Å². The molecule has 0 saturated carbocycles. The molecule has 0 fully saturated rings. The molecular formula is C10H17NS. The minimum Gasteiger partial charge on any atom is -0.320 e. The average Bonchev–Trinajstić information content (AvgIpc) is 2.11. The van der Waals surface area contributed by atoms with E-state index in [0.29, 0.717) is 0 Å². The lowest BCUT2D eigenvalue weighted by Gasteiger charge is -2.00. The summed E-state index contributed by atoms with van der Waals surface area (Å²) in [7, 11) is 1.97. The summed E-state index contributed by atoms with van der Waals surface area (Å²) in [5.41, 5.74) is 2.95. The first-order valence-electron chi connectivity index (χ1n) is 4.16. The van der Waals surface area contributed by atoms with Gasteiger partial charge in [0.05, 0.1) is 0 Å². The van der Waals surface area contributed by atoms with E-state index >= 15 is 0 Å². The molecule has 2 heteroatoms. The van der Waals surface area contributed by atoms with Crippen LogP contribution in [0.3, 0.4) is 0 Å². The highest BCUT2D eigenvalue weighted by atomic mass is 32.2. The SMILES string of the molecule is C=C=C(CCCNC)S/C=C\C. The highest BCUT2D eigenvalue weighted by Crippen LogP contribution is 2.20. The molecule has 1 N–H and O–H groups in total. The van der Waals surface area contributed by atoms with Crippen LogP contribution in [0.1, 0.15) is 19.8 Å². The summed E-state index contributed by atoms with van der Waals surface area (Å²) in [5, 5.41) is 5.18. The zero-order valence-electron chi connectivity index (χ0n) is 7.89. The van der Waals surface area contributed by atoms with E-state index in [1.807, 2.05) is 20.0 Å². The average molecular weight is 183 g/mol. The smallest absolute Gasteiger partial charge is 0.0303 e. The first-order chi connectivity index (χ1) is 5.85. The second-order valence-electron chi connectivity index (χ2n) is 2.39. The van der Waals surface area contributed by atoms with Crippen LogP contribution >= 0.6 is 11.8 Å². The minimum atomic E-state index is 1.06. The van der Waals surface area contributed by atoms with Gasteiger partial charge in [0, 0.05) is 4.91 Å². The van der Waals surface area contributed by atoms with Gasteiger partial charge in [-0.15, -0.1) is 5.73 Å². The molecule has 0 aromatic carbocycles. The van der Waals surface area contributed by atoms with Gasteiger partial charge in [0.25, 0.3) is 0 Å². The molecule has 0 spiro atoms. The lowest BCUT2D eigenvalue weighted by molar-refractivity contribution is 0.732. The molecular weight excluding hydrogens is 166 g/mol. The predicted octanol–water partition coefficient (Wildman–Crippen LogP) is 2.92. The normalized spacial score (nSPS) is 10.2. The topological polar surface area (TPSA) is 12.0 Å². The van der Waals surface area contributed by atoms with Crippen molar-refractivity contribution < 1.29 is 0 Å². The Balaban J connectivity index is 3.62. The molecule has 0 radical (unpaired) electrons. The molecule has 0 aliphatic rings. The van der Waals surface area contributed by atoms with E-state index in [2.05, 4.69) is 23.0 Å². The highest BCUT2D eigenvalue weighted by Gasteiger charge is 1.93. The van der Waals surface area contributed by atoms with Crippen molar-refractivity contribution in [2.75, 3.05) is 13.6 Å². The van der Waals surface area contributed by atoms with Gasteiger partial charge in [-0.3, -0.25) is 0 Å². The quantitative estimate of drug-likeness (QED) is 0.502. The Bertz CT molecular complexity index is 178. The van der Waals surface area contributed by atoms with E-state index in [-0.39, 0.29) is 0 Å². The maximum Gasteiger partial charge on any atom is 0.0303 e. The van der Waals surface area contributed by atoms with Crippen LogP contribution in [-0.2, 0) is 0 Å². The molecule has 0 bridgehead atoms. The van der Waals surface area contributed by atoms with Gasteiger partial charge in [-0.2, -0.15) is 0 Å². The van der Waals surface area contributed by atoms with Gasteiger partial charge in [-0.25, -0.2) is 0 Å². The van der Waals surface area contributed by atoms with Crippen LogP contribution in [0.4, 0.5) is 0 Å². The van der Waals surface area contributed by atoms with Crippen molar-refractivity contribution in [3.63, 3.8) is 0 Å². The minimum absolute atomic E-state index is 1.06. The number of nitrogens with one attached hydrogen (secondary N) is 1. The molecule has 68 valence electrons. The zero-order chi connectivity index (χ0) is 9.23. The second-order valence-corrected chi connectivity index (χ2v) is 3.39. The van der Waals surface area contributed by atoms with Gasteiger partial charge in [-0.1, -0.05) is 24.4 Å². The Morgan fingerprint density at radius 3 is 2.92 bits per heavy atom. The van der Waals surface area contributed by atoms with E-state index in [9.17, 15) is 0 Å². The van der Waals surface area contributed by atoms with Crippen LogP contribution in [0, 0.1) is 0 Å². The Labute approximate surface area is 79.6 Å². The Kier molecular flexibility index (Phi) is 8.35. The van der Waals surface area contributed by atoms with Crippen molar-refractivity contribution >= 4 is 11.8 Å². The molecule has 0 aliphatic carbocycles. The van der Waals surface area contributed by atoms with Gasteiger partial charge in [0.15, 0.2) is 0 Å². The monoisotopic (exact) mass is 183 g/mol. The number of thioether (sulfide) groups is 1. The van der Waals surface area contributed by atoms with E-state index in [4.69, 9.17) is 0 Å². The molecule has 0 saturated heterocycles. The van der Waals surface area contributed by atoms with E-state index in [0.717, 1.165) is 19.4 Å². The Hall–Kier alpha value is -0.430. The molecule has 0 rings (SSSR count). The third-order valence-corrected chi connectivity index (χ3v) is 2.42. The molecule has 0 aromatic rings. The fraction of sp³-hybridized carbons (Fsp3) is 0.500. The van der Waals surface area contributed by atoms with Crippen LogP contribution in [0.25, 0.3) is 0 Å². The fourth-order valence-electron chi connectivity index (χ4n) is 0.765. The molecule has 0 atom stereocenters. The molecule has 12 heavy (non-hydrogen) atoms. The van der Waals surface area contributed by atoms with Crippen LogP contribution in [-0.4, -0.2) is 13.6 Å². The summed E-state index contributed by atoms with van der Waals surface area (Å²) >= 11 is 1.71. The number of hydrogen-bond donors (Lipinski definition) is 1. The summed E-state index contributed by atoms with van der Waals surface area (Å²) in [6.45, 7) is 6.73. The first kappa shape index (κ1) is 11.6. The van der Waals surface area contributed by atoms with Crippen LogP contribution in [0.15, 0.2) is 28.7 Å². The van der Waals surface area contributed by atoms with Crippen LogP contribution in [0.2, 0.25) is 0 Å². The molecule has 0 aromatic heterocycles. The maximum absolute atomic E-state index is 3.66. The van der Waals surface area contributed by atoms with E-state index in [1.54, 1.807) is 11.8 Å². The van der Waals surface area contributed by atoms with Gasteiger partial charge >= 0.3 is 0 Å². The highest BCUT2D eigenvalue weighted by molar-refractivity contribution is 8.05. The van der Waals surface area contributed by atoms with Gasteiger partial charge in [0.2, 0.25) is 0 Å². The largest absolute Gasteiger partial charge is 0.320 e. The Morgan fingerprint density at radius 2 is 2.42 bits per heavy atom. The summed E-state index contributed by atoms with van der Waals surface area (Å²) in [6, 6.07) is 0. The number of rotatable bonds is 6. The Morgan fingerprint density at radius 1 is 1.67 bits per heavy atom. The van der Waals surface area contributed by atoms with Crippen molar-refractivity contribution in [2.45, 2.75) is 19.8 Å². The van der Waals surface area contributed by atoms with Crippen molar-refractivity contribution in [1.82, 2.24) is 5.32 Å². The fourth-order valence-corrected chi connectivity index (χ4v) is 1.41. The van der Waals surface area contributed by atoms with Crippen molar-refractivity contribution in [3.8, 4) is 0 Å². The molecule has 1 nitrogen and oxygen atoms in total. The summed E-state index contributed by atoms with van der Waals surface area (Å²) in [6.07, 6.45) is 4.25. The summed E-state index contributed by atoms with van der Waals surface area (Å²) in [5.74, 6) is 0. The lowest BCUT2D eigenvalue weighted by atomic mass is 10.3. The molecule has 0 unspecified atom stereocenters. The van der Waals surface area contributed by atoms with Crippen LogP contribution in [0.5, 0.6) is 0 Å². The predicted molar refractivity (Wildman–Crippen MR) is 58.2 cm³/mol. The third kappa shape index (κ3) is 6.29. The van der Waals surface area contributed by atoms with Gasteiger partial charge in [0.1, 0.15) is 0 Å². The van der Waals surface area contributed by atoms with E-state index in [1.165, 1.54) is 4.91 Å². The van der Waals surface area contributed by atoms with Crippen molar-refractivity contribution in [3.05, 3.63) is 28.7 Å². The number of allylic oxidation sites excluding steroid dienone is 2. The molecule has 0 amide bonds. The zero-order valence-corrected chi connectivity index (χ0v) is 8.71. The first-order valence-corrected chi connectivity index (χ1v) is 5.04. The van der Waals surface area contributed by atoms with Gasteiger partial charge in [-0.05, 0) is 38.8 Å². The number of hydrogen-bond acceptors (Lipinski definition) is 2. The maximum atomic E-state index is 3.66.